The van der Waals surface area contributed by atoms with Gasteiger partial charge >= 0.3 is 0 Å². The van der Waals surface area contributed by atoms with Gasteiger partial charge in [0.25, 0.3) is 0 Å². The Kier molecular flexibility index (Phi) is 1.56. The second-order valence-electron chi connectivity index (χ2n) is 6.62. The molecule has 3 aliphatic carbocycles. The monoisotopic (exact) mass is 194 g/mol. The highest BCUT2D eigenvalue weighted by Gasteiger charge is 2.68. The molecule has 3 fully saturated rings. The van der Waals surface area contributed by atoms with Crippen LogP contribution in [0.3, 0.4) is 0 Å². The highest BCUT2D eigenvalue weighted by molar-refractivity contribution is 5.17. The Bertz CT molecular complexity index is 270. The van der Waals surface area contributed by atoms with Crippen LogP contribution >= 0.6 is 0 Å². The van der Waals surface area contributed by atoms with Gasteiger partial charge < -0.3 is 5.11 Å². The summed E-state index contributed by atoms with van der Waals surface area (Å²) < 4.78 is 0. The van der Waals surface area contributed by atoms with E-state index in [2.05, 4.69) is 20.8 Å². The lowest BCUT2D eigenvalue weighted by molar-refractivity contribution is 0.0133. The number of aliphatic hydroxyl groups is 1. The Labute approximate surface area is 86.9 Å². The molecule has 5 atom stereocenters. The van der Waals surface area contributed by atoms with Crippen LogP contribution in [0.5, 0.6) is 0 Å². The van der Waals surface area contributed by atoms with Crippen LogP contribution in [0.2, 0.25) is 0 Å². The smallest absolute Gasteiger partial charge is 0.0576 e. The summed E-state index contributed by atoms with van der Waals surface area (Å²) in [5, 5.41) is 10.1. The van der Waals surface area contributed by atoms with Gasteiger partial charge in [0.15, 0.2) is 0 Å². The van der Waals surface area contributed by atoms with Crippen molar-refractivity contribution < 1.29 is 5.11 Å². The van der Waals surface area contributed by atoms with Gasteiger partial charge in [-0.2, -0.15) is 0 Å². The number of hydrogen-bond donors (Lipinski definition) is 1. The molecule has 1 nitrogen and oxygen atoms in total. The molecular formula is C13H22O. The first-order valence-electron chi connectivity index (χ1n) is 6.16. The highest BCUT2D eigenvalue weighted by Crippen LogP contribution is 2.73. The van der Waals surface area contributed by atoms with Crippen LogP contribution in [0.4, 0.5) is 0 Å². The fourth-order valence-electron chi connectivity index (χ4n) is 5.26. The maximum absolute atomic E-state index is 10.1. The lowest BCUT2D eigenvalue weighted by Crippen LogP contribution is -2.37. The maximum Gasteiger partial charge on any atom is 0.0576 e. The summed E-state index contributed by atoms with van der Waals surface area (Å²) in [6.45, 7) is 7.32. The molecule has 3 aliphatic rings. The zero-order valence-electron chi connectivity index (χ0n) is 9.59. The standard InChI is InChI=1S/C13H22O/c1-12(2)9-6-7-13(12,3)11-8(9)4-5-10(11)14/h8-11,14H,4-7H2,1-3H3/t8-,9+,10-,11+,13-/m0/s1. The van der Waals surface area contributed by atoms with E-state index in [9.17, 15) is 5.11 Å². The van der Waals surface area contributed by atoms with Crippen molar-refractivity contribution in [2.75, 3.05) is 0 Å². The summed E-state index contributed by atoms with van der Waals surface area (Å²) in [6.07, 6.45) is 5.13. The predicted octanol–water partition coefficient (Wildman–Crippen LogP) is 2.83. The largest absolute Gasteiger partial charge is 0.393 e. The van der Waals surface area contributed by atoms with Gasteiger partial charge in [0.05, 0.1) is 6.10 Å². The first-order valence-corrected chi connectivity index (χ1v) is 6.16. The molecule has 0 aromatic rings. The van der Waals surface area contributed by atoms with Crippen molar-refractivity contribution in [2.24, 2.45) is 28.6 Å². The van der Waals surface area contributed by atoms with E-state index in [1.54, 1.807) is 0 Å². The van der Waals surface area contributed by atoms with Crippen LogP contribution in [-0.2, 0) is 0 Å². The van der Waals surface area contributed by atoms with Gasteiger partial charge in [-0.05, 0) is 54.3 Å². The van der Waals surface area contributed by atoms with E-state index in [1.807, 2.05) is 0 Å². The molecule has 0 aromatic heterocycles. The minimum absolute atomic E-state index is 0.00887. The van der Waals surface area contributed by atoms with E-state index in [0.29, 0.717) is 16.7 Å². The number of hydrogen-bond acceptors (Lipinski definition) is 1. The van der Waals surface area contributed by atoms with E-state index >= 15 is 0 Å². The molecule has 1 heteroatoms. The van der Waals surface area contributed by atoms with Gasteiger partial charge in [-0.1, -0.05) is 20.8 Å². The van der Waals surface area contributed by atoms with Crippen LogP contribution < -0.4 is 0 Å². The second-order valence-corrected chi connectivity index (χ2v) is 6.62. The summed E-state index contributed by atoms with van der Waals surface area (Å²) in [5.74, 6) is 2.37. The third-order valence-corrected chi connectivity index (χ3v) is 6.30. The van der Waals surface area contributed by atoms with Gasteiger partial charge in [0.1, 0.15) is 0 Å². The van der Waals surface area contributed by atoms with Crippen molar-refractivity contribution in [3.8, 4) is 0 Å². The summed E-state index contributed by atoms with van der Waals surface area (Å²) in [6, 6.07) is 0. The fourth-order valence-corrected chi connectivity index (χ4v) is 5.26. The zero-order chi connectivity index (χ0) is 10.1. The highest BCUT2D eigenvalue weighted by atomic mass is 16.3. The molecular weight excluding hydrogens is 172 g/mol. The van der Waals surface area contributed by atoms with E-state index in [1.165, 1.54) is 19.3 Å². The Balaban J connectivity index is 2.07. The van der Waals surface area contributed by atoms with Crippen LogP contribution in [0.15, 0.2) is 0 Å². The van der Waals surface area contributed by atoms with Crippen molar-refractivity contribution in [2.45, 2.75) is 52.6 Å². The van der Waals surface area contributed by atoms with E-state index in [-0.39, 0.29) is 6.10 Å². The third-order valence-electron chi connectivity index (χ3n) is 6.30. The second kappa shape index (κ2) is 2.37. The Morgan fingerprint density at radius 2 is 1.79 bits per heavy atom. The number of aliphatic hydroxyl groups excluding tert-OH is 1. The molecule has 2 bridgehead atoms. The molecule has 3 rings (SSSR count). The molecule has 3 saturated carbocycles. The van der Waals surface area contributed by atoms with Crippen LogP contribution in [0.25, 0.3) is 0 Å². The molecule has 0 saturated heterocycles. The summed E-state index contributed by atoms with van der Waals surface area (Å²) >= 11 is 0. The van der Waals surface area contributed by atoms with Crippen molar-refractivity contribution in [3.05, 3.63) is 0 Å². The molecule has 0 unspecified atom stereocenters. The summed E-state index contributed by atoms with van der Waals surface area (Å²) in [5.41, 5.74) is 0.905. The number of fused-ring (bicyclic) bond motifs is 5. The quantitative estimate of drug-likeness (QED) is 0.628. The van der Waals surface area contributed by atoms with E-state index < -0.39 is 0 Å². The first kappa shape index (κ1) is 9.21. The molecule has 0 aliphatic heterocycles. The fraction of sp³-hybridized carbons (Fsp3) is 1.00. The predicted molar refractivity (Wildman–Crippen MR) is 56.8 cm³/mol. The molecule has 80 valence electrons. The van der Waals surface area contributed by atoms with Gasteiger partial charge in [0.2, 0.25) is 0 Å². The molecule has 0 radical (unpaired) electrons. The van der Waals surface area contributed by atoms with Crippen LogP contribution in [0.1, 0.15) is 46.5 Å². The SMILES string of the molecule is CC1(C)[C@@H]2CC[C@@]1(C)[C@@H]1[C@H]2CC[C@@H]1O. The first-order chi connectivity index (χ1) is 6.48. The van der Waals surface area contributed by atoms with Gasteiger partial charge in [-0.25, -0.2) is 0 Å². The molecule has 0 spiro atoms. The molecule has 0 heterocycles. The molecule has 0 aromatic carbocycles. The summed E-state index contributed by atoms with van der Waals surface area (Å²) in [7, 11) is 0. The minimum Gasteiger partial charge on any atom is -0.393 e. The van der Waals surface area contributed by atoms with Gasteiger partial charge in [-0.15, -0.1) is 0 Å². The molecule has 0 amide bonds. The molecule has 14 heavy (non-hydrogen) atoms. The minimum atomic E-state index is 0.00887. The van der Waals surface area contributed by atoms with E-state index in [4.69, 9.17) is 0 Å². The van der Waals surface area contributed by atoms with Gasteiger partial charge in [-0.3, -0.25) is 0 Å². The molecule has 1 N–H and O–H groups in total. The van der Waals surface area contributed by atoms with Crippen molar-refractivity contribution in [3.63, 3.8) is 0 Å². The Morgan fingerprint density at radius 3 is 2.43 bits per heavy atom. The van der Waals surface area contributed by atoms with E-state index in [0.717, 1.165) is 18.3 Å². The summed E-state index contributed by atoms with van der Waals surface area (Å²) in [4.78, 5) is 0. The lowest BCUT2D eigenvalue weighted by Gasteiger charge is -2.40. The average Bonchev–Trinajstić information content (AvgIpc) is 2.62. The normalized spacial score (nSPS) is 59.1. The topological polar surface area (TPSA) is 20.2 Å². The Morgan fingerprint density at radius 1 is 1.07 bits per heavy atom. The Hall–Kier alpha value is -0.0400. The van der Waals surface area contributed by atoms with Crippen LogP contribution in [-0.4, -0.2) is 11.2 Å². The number of rotatable bonds is 0. The third kappa shape index (κ3) is 0.743. The average molecular weight is 194 g/mol. The maximum atomic E-state index is 10.1. The lowest BCUT2D eigenvalue weighted by atomic mass is 9.65. The van der Waals surface area contributed by atoms with Gasteiger partial charge in [0, 0.05) is 0 Å². The van der Waals surface area contributed by atoms with Crippen LogP contribution in [0, 0.1) is 28.6 Å². The van der Waals surface area contributed by atoms with Crippen molar-refractivity contribution >= 4 is 0 Å². The van der Waals surface area contributed by atoms with Crippen molar-refractivity contribution in [1.29, 1.82) is 0 Å². The van der Waals surface area contributed by atoms with Crippen molar-refractivity contribution in [1.82, 2.24) is 0 Å². The zero-order valence-corrected chi connectivity index (χ0v) is 9.59.